The Morgan fingerprint density at radius 3 is 2.25 bits per heavy atom. The number of ether oxygens (including phenoxy) is 1. The highest BCUT2D eigenvalue weighted by atomic mass is 35.5. The van der Waals surface area contributed by atoms with Crippen molar-refractivity contribution >= 4 is 29.6 Å². The van der Waals surface area contributed by atoms with Gasteiger partial charge >= 0.3 is 12.1 Å². The fourth-order valence-electron chi connectivity index (χ4n) is 2.38. The molecule has 0 aliphatic carbocycles. The van der Waals surface area contributed by atoms with Gasteiger partial charge in [-0.3, -0.25) is 4.79 Å². The summed E-state index contributed by atoms with van der Waals surface area (Å²) in [6.45, 7) is 3.63. The molecule has 0 aromatic heterocycles. The molecule has 7 nitrogen and oxygen atoms in total. The predicted molar refractivity (Wildman–Crippen MR) is 105 cm³/mol. The van der Waals surface area contributed by atoms with Crippen molar-refractivity contribution in [1.29, 1.82) is 0 Å². The standard InChI is InChI=1S/C20H21ClN2O5/c1-12(2)22-20(27)28-14-9-7-13(8-10-14)11-17(19(25)26)23-18(24)15-5-3-4-6-16(15)21/h3-10,12,17H,11H2,1-2H3,(H,22,27)(H,23,24)(H,25,26)/t17-/m0/s1. The highest BCUT2D eigenvalue weighted by Crippen LogP contribution is 2.16. The van der Waals surface area contributed by atoms with E-state index in [1.807, 2.05) is 13.8 Å². The summed E-state index contributed by atoms with van der Waals surface area (Å²) in [5, 5.41) is 14.7. The maximum absolute atomic E-state index is 12.3. The van der Waals surface area contributed by atoms with E-state index in [4.69, 9.17) is 16.3 Å². The number of hydrogen-bond acceptors (Lipinski definition) is 4. The fourth-order valence-corrected chi connectivity index (χ4v) is 2.60. The van der Waals surface area contributed by atoms with Gasteiger partial charge in [0.15, 0.2) is 0 Å². The zero-order valence-electron chi connectivity index (χ0n) is 15.4. The molecule has 8 heteroatoms. The average molecular weight is 405 g/mol. The quantitative estimate of drug-likeness (QED) is 0.657. The summed E-state index contributed by atoms with van der Waals surface area (Å²) in [7, 11) is 0. The summed E-state index contributed by atoms with van der Waals surface area (Å²) < 4.78 is 5.12. The van der Waals surface area contributed by atoms with E-state index >= 15 is 0 Å². The normalized spacial score (nSPS) is 11.6. The molecule has 1 atom stereocenters. The van der Waals surface area contributed by atoms with Gasteiger partial charge in [0.1, 0.15) is 11.8 Å². The first-order valence-corrected chi connectivity index (χ1v) is 8.99. The fraction of sp³-hybridized carbons (Fsp3) is 0.250. The van der Waals surface area contributed by atoms with Crippen LogP contribution in [0.1, 0.15) is 29.8 Å². The predicted octanol–water partition coefficient (Wildman–Crippen LogP) is 3.26. The molecule has 0 unspecified atom stereocenters. The molecule has 3 N–H and O–H groups in total. The highest BCUT2D eigenvalue weighted by molar-refractivity contribution is 6.33. The van der Waals surface area contributed by atoms with Crippen molar-refractivity contribution in [2.45, 2.75) is 32.4 Å². The third-order valence-corrected chi connectivity index (χ3v) is 4.03. The Bertz CT molecular complexity index is 852. The Kier molecular flexibility index (Phi) is 7.40. The number of benzene rings is 2. The van der Waals surface area contributed by atoms with Crippen molar-refractivity contribution in [3.05, 3.63) is 64.7 Å². The van der Waals surface area contributed by atoms with Crippen LogP contribution < -0.4 is 15.4 Å². The smallest absolute Gasteiger partial charge is 0.412 e. The van der Waals surface area contributed by atoms with E-state index in [1.54, 1.807) is 42.5 Å². The average Bonchev–Trinajstić information content (AvgIpc) is 2.62. The van der Waals surface area contributed by atoms with E-state index in [-0.39, 0.29) is 23.0 Å². The third kappa shape index (κ3) is 6.28. The molecule has 0 aliphatic rings. The molecule has 2 rings (SSSR count). The molecule has 0 saturated heterocycles. The summed E-state index contributed by atoms with van der Waals surface area (Å²) in [5.41, 5.74) is 0.860. The van der Waals surface area contributed by atoms with Gasteiger partial charge in [0.05, 0.1) is 10.6 Å². The first-order valence-electron chi connectivity index (χ1n) is 8.61. The maximum Gasteiger partial charge on any atom is 0.412 e. The van der Waals surface area contributed by atoms with Crippen LogP contribution in [0.15, 0.2) is 48.5 Å². The maximum atomic E-state index is 12.3. The van der Waals surface area contributed by atoms with Crippen LogP contribution in [-0.2, 0) is 11.2 Å². The van der Waals surface area contributed by atoms with E-state index in [2.05, 4.69) is 10.6 Å². The molecule has 0 aliphatic heterocycles. The second-order valence-corrected chi connectivity index (χ2v) is 6.79. The van der Waals surface area contributed by atoms with Crippen LogP contribution in [0.2, 0.25) is 5.02 Å². The number of hydrogen-bond donors (Lipinski definition) is 3. The molecule has 28 heavy (non-hydrogen) atoms. The van der Waals surface area contributed by atoms with E-state index < -0.39 is 24.0 Å². The lowest BCUT2D eigenvalue weighted by Gasteiger charge is -2.15. The minimum atomic E-state index is -1.17. The van der Waals surface area contributed by atoms with Gasteiger partial charge < -0.3 is 20.5 Å². The molecule has 2 aromatic carbocycles. The lowest BCUT2D eigenvalue weighted by Crippen LogP contribution is -2.42. The highest BCUT2D eigenvalue weighted by Gasteiger charge is 2.22. The Morgan fingerprint density at radius 2 is 1.68 bits per heavy atom. The van der Waals surface area contributed by atoms with E-state index in [0.29, 0.717) is 11.3 Å². The topological polar surface area (TPSA) is 105 Å². The largest absolute Gasteiger partial charge is 0.480 e. The lowest BCUT2D eigenvalue weighted by atomic mass is 10.1. The Morgan fingerprint density at radius 1 is 1.04 bits per heavy atom. The first-order chi connectivity index (χ1) is 13.3. The van der Waals surface area contributed by atoms with Crippen molar-refractivity contribution in [3.63, 3.8) is 0 Å². The third-order valence-electron chi connectivity index (χ3n) is 3.70. The molecular formula is C20H21ClN2O5. The van der Waals surface area contributed by atoms with Gasteiger partial charge in [0, 0.05) is 12.5 Å². The summed E-state index contributed by atoms with van der Waals surface area (Å²) in [6.07, 6.45) is -0.512. The lowest BCUT2D eigenvalue weighted by molar-refractivity contribution is -0.139. The SMILES string of the molecule is CC(C)NC(=O)Oc1ccc(C[C@H](NC(=O)c2ccccc2Cl)C(=O)O)cc1. The van der Waals surface area contributed by atoms with Gasteiger partial charge in [-0.15, -0.1) is 0 Å². The van der Waals surface area contributed by atoms with Gasteiger partial charge in [0.25, 0.3) is 5.91 Å². The molecule has 0 radical (unpaired) electrons. The summed E-state index contributed by atoms with van der Waals surface area (Å²) in [6, 6.07) is 11.6. The van der Waals surface area contributed by atoms with Crippen molar-refractivity contribution in [1.82, 2.24) is 10.6 Å². The van der Waals surface area contributed by atoms with Crippen LogP contribution >= 0.6 is 11.6 Å². The summed E-state index contributed by atoms with van der Waals surface area (Å²) >= 11 is 5.98. The Balaban J connectivity index is 2.02. The number of nitrogens with one attached hydrogen (secondary N) is 2. The molecule has 0 fully saturated rings. The Hall–Kier alpha value is -3.06. The minimum absolute atomic E-state index is 0.0511. The molecule has 0 spiro atoms. The second kappa shape index (κ2) is 9.75. The number of rotatable bonds is 7. The summed E-state index contributed by atoms with van der Waals surface area (Å²) in [4.78, 5) is 35.4. The molecule has 0 heterocycles. The number of halogens is 1. The monoisotopic (exact) mass is 404 g/mol. The molecule has 0 bridgehead atoms. The molecule has 2 amide bonds. The number of carbonyl (C=O) groups is 3. The van der Waals surface area contributed by atoms with Gasteiger partial charge in [-0.25, -0.2) is 9.59 Å². The van der Waals surface area contributed by atoms with Crippen LogP contribution in [0.25, 0.3) is 0 Å². The van der Waals surface area contributed by atoms with Crippen molar-refractivity contribution in [2.24, 2.45) is 0 Å². The molecule has 2 aromatic rings. The van der Waals surface area contributed by atoms with Gasteiger partial charge in [-0.2, -0.15) is 0 Å². The first kappa shape index (κ1) is 21.2. The minimum Gasteiger partial charge on any atom is -0.480 e. The van der Waals surface area contributed by atoms with Crippen LogP contribution in [0.4, 0.5) is 4.79 Å². The van der Waals surface area contributed by atoms with Gasteiger partial charge in [0.2, 0.25) is 0 Å². The van der Waals surface area contributed by atoms with Crippen LogP contribution in [0.3, 0.4) is 0 Å². The zero-order chi connectivity index (χ0) is 20.7. The number of carboxylic acids is 1. The van der Waals surface area contributed by atoms with Crippen LogP contribution in [-0.4, -0.2) is 35.2 Å². The summed E-state index contributed by atoms with van der Waals surface area (Å²) in [5.74, 6) is -1.41. The molecule has 0 saturated carbocycles. The van der Waals surface area contributed by atoms with E-state index in [9.17, 15) is 19.5 Å². The Labute approximate surface area is 167 Å². The van der Waals surface area contributed by atoms with Crippen LogP contribution in [0, 0.1) is 0 Å². The van der Waals surface area contributed by atoms with E-state index in [0.717, 1.165) is 0 Å². The second-order valence-electron chi connectivity index (χ2n) is 6.38. The van der Waals surface area contributed by atoms with Crippen molar-refractivity contribution in [2.75, 3.05) is 0 Å². The molecular weight excluding hydrogens is 384 g/mol. The number of amides is 2. The van der Waals surface area contributed by atoms with E-state index in [1.165, 1.54) is 6.07 Å². The van der Waals surface area contributed by atoms with Crippen LogP contribution in [0.5, 0.6) is 5.75 Å². The zero-order valence-corrected chi connectivity index (χ0v) is 16.2. The van der Waals surface area contributed by atoms with Crippen molar-refractivity contribution in [3.8, 4) is 5.75 Å². The number of carbonyl (C=O) groups excluding carboxylic acids is 2. The number of aliphatic carboxylic acids is 1. The molecule has 148 valence electrons. The van der Waals surface area contributed by atoms with Gasteiger partial charge in [-0.1, -0.05) is 35.9 Å². The van der Waals surface area contributed by atoms with Gasteiger partial charge in [-0.05, 0) is 43.7 Å². The van der Waals surface area contributed by atoms with Crippen molar-refractivity contribution < 1.29 is 24.2 Å². The number of carboxylic acid groups (broad SMARTS) is 1.